The van der Waals surface area contributed by atoms with Crippen LogP contribution >= 0.6 is 0 Å². The summed E-state index contributed by atoms with van der Waals surface area (Å²) in [6.07, 6.45) is 2.95. The number of hydrogen-bond acceptors (Lipinski definition) is 2. The monoisotopic (exact) mass is 202 g/mol. The zero-order valence-corrected chi connectivity index (χ0v) is 8.67. The van der Waals surface area contributed by atoms with Crippen LogP contribution in [0.3, 0.4) is 0 Å². The molecule has 0 amide bonds. The summed E-state index contributed by atoms with van der Waals surface area (Å²) in [4.78, 5) is 4.18. The van der Waals surface area contributed by atoms with E-state index in [0.29, 0.717) is 5.82 Å². The summed E-state index contributed by atoms with van der Waals surface area (Å²) in [5.74, 6) is 0.698. The highest BCUT2D eigenvalue weighted by Crippen LogP contribution is 2.19. The third-order valence-electron chi connectivity index (χ3n) is 2.45. The lowest BCUT2D eigenvalue weighted by Gasteiger charge is -2.11. The lowest BCUT2D eigenvalue weighted by atomic mass is 10.1. The molecule has 0 bridgehead atoms. The predicted octanol–water partition coefficient (Wildman–Crippen LogP) is 1.98. The Balaban J connectivity index is 2.32. The van der Waals surface area contributed by atoms with Gasteiger partial charge in [0.2, 0.25) is 0 Å². The molecule has 2 rings (SSSR count). The molecule has 3 nitrogen and oxygen atoms in total. The van der Waals surface area contributed by atoms with Gasteiger partial charge in [-0.25, -0.2) is 4.98 Å². The van der Waals surface area contributed by atoms with Gasteiger partial charge in [0.1, 0.15) is 11.9 Å². The molecule has 2 aromatic rings. The average molecular weight is 202 g/mol. The fourth-order valence-electron chi connectivity index (χ4n) is 1.62. The van der Waals surface area contributed by atoms with E-state index in [1.54, 1.807) is 6.20 Å². The molecule has 0 unspecified atom stereocenters. The van der Waals surface area contributed by atoms with E-state index < -0.39 is 6.10 Å². The molecule has 1 heterocycles. The van der Waals surface area contributed by atoms with Crippen LogP contribution in [-0.2, 0) is 6.54 Å². The molecule has 0 spiro atoms. The number of aryl methyl sites for hydroxylation is 1. The number of aromatic nitrogens is 2. The van der Waals surface area contributed by atoms with Gasteiger partial charge in [-0.05, 0) is 12.5 Å². The molecule has 0 saturated carbocycles. The molecular weight excluding hydrogens is 188 g/mol. The lowest BCUT2D eigenvalue weighted by molar-refractivity contribution is 0.205. The summed E-state index contributed by atoms with van der Waals surface area (Å²) in [7, 11) is 0. The summed E-state index contributed by atoms with van der Waals surface area (Å²) < 4.78 is 1.94. The Morgan fingerprint density at radius 3 is 2.73 bits per heavy atom. The van der Waals surface area contributed by atoms with Gasteiger partial charge in [0.15, 0.2) is 0 Å². The van der Waals surface area contributed by atoms with Crippen LogP contribution in [0.5, 0.6) is 0 Å². The summed E-state index contributed by atoms with van der Waals surface area (Å²) in [5, 5.41) is 10.1. The third-order valence-corrected chi connectivity index (χ3v) is 2.45. The smallest absolute Gasteiger partial charge is 0.142 e. The molecule has 0 aliphatic heterocycles. The first-order valence-electron chi connectivity index (χ1n) is 5.07. The second-order valence-electron chi connectivity index (χ2n) is 3.38. The Morgan fingerprint density at radius 2 is 2.07 bits per heavy atom. The molecule has 78 valence electrons. The van der Waals surface area contributed by atoms with Gasteiger partial charge in [0, 0.05) is 18.9 Å². The fraction of sp³-hybridized carbons (Fsp3) is 0.250. The van der Waals surface area contributed by atoms with Gasteiger partial charge in [-0.2, -0.15) is 0 Å². The third kappa shape index (κ3) is 1.92. The zero-order valence-electron chi connectivity index (χ0n) is 8.67. The van der Waals surface area contributed by atoms with E-state index in [2.05, 4.69) is 4.98 Å². The molecular formula is C12H14N2O. The summed E-state index contributed by atoms with van der Waals surface area (Å²) in [6.45, 7) is 2.85. The molecule has 0 radical (unpaired) electrons. The van der Waals surface area contributed by atoms with Crippen LogP contribution in [0.4, 0.5) is 0 Å². The maximum Gasteiger partial charge on any atom is 0.142 e. The van der Waals surface area contributed by atoms with Crippen LogP contribution in [0, 0.1) is 0 Å². The van der Waals surface area contributed by atoms with Crippen molar-refractivity contribution in [2.45, 2.75) is 19.6 Å². The number of benzene rings is 1. The fourth-order valence-corrected chi connectivity index (χ4v) is 1.62. The van der Waals surface area contributed by atoms with Gasteiger partial charge in [-0.3, -0.25) is 0 Å². The Kier molecular flexibility index (Phi) is 2.83. The summed E-state index contributed by atoms with van der Waals surface area (Å²) >= 11 is 0. The van der Waals surface area contributed by atoms with Crippen LogP contribution in [0.1, 0.15) is 24.4 Å². The molecule has 15 heavy (non-hydrogen) atoms. The number of rotatable bonds is 3. The first-order chi connectivity index (χ1) is 7.33. The Bertz CT molecular complexity index is 422. The van der Waals surface area contributed by atoms with Crippen LogP contribution in [0.15, 0.2) is 42.7 Å². The first-order valence-corrected chi connectivity index (χ1v) is 5.07. The quantitative estimate of drug-likeness (QED) is 0.826. The van der Waals surface area contributed by atoms with Crippen molar-refractivity contribution in [3.8, 4) is 0 Å². The minimum Gasteiger partial charge on any atom is -0.380 e. The highest BCUT2D eigenvalue weighted by molar-refractivity contribution is 5.22. The summed E-state index contributed by atoms with van der Waals surface area (Å²) in [6, 6.07) is 9.57. The number of aliphatic hydroxyl groups is 1. The van der Waals surface area contributed by atoms with Gasteiger partial charge < -0.3 is 9.67 Å². The van der Waals surface area contributed by atoms with E-state index in [1.807, 2.05) is 48.0 Å². The van der Waals surface area contributed by atoms with Crippen LogP contribution in [-0.4, -0.2) is 14.7 Å². The molecule has 0 aliphatic carbocycles. The highest BCUT2D eigenvalue weighted by Gasteiger charge is 2.14. The molecule has 1 aromatic heterocycles. The standard InChI is InChI=1S/C12H14N2O/c1-2-14-9-8-13-12(14)11(15)10-6-4-3-5-7-10/h3-9,11,15H,2H2,1H3/t11-/m1/s1. The Hall–Kier alpha value is -1.61. The molecule has 1 N–H and O–H groups in total. The number of nitrogens with zero attached hydrogens (tertiary/aromatic N) is 2. The largest absolute Gasteiger partial charge is 0.380 e. The molecule has 0 fully saturated rings. The first kappa shape index (κ1) is 9.93. The highest BCUT2D eigenvalue weighted by atomic mass is 16.3. The molecule has 0 aliphatic rings. The number of hydrogen-bond donors (Lipinski definition) is 1. The topological polar surface area (TPSA) is 38.0 Å². The molecule has 0 saturated heterocycles. The lowest BCUT2D eigenvalue weighted by Crippen LogP contribution is -2.08. The van der Waals surface area contributed by atoms with E-state index in [9.17, 15) is 5.11 Å². The molecule has 1 aromatic carbocycles. The number of aliphatic hydroxyl groups excluding tert-OH is 1. The normalized spacial score (nSPS) is 12.7. The van der Waals surface area contributed by atoms with Crippen molar-refractivity contribution in [1.29, 1.82) is 0 Å². The van der Waals surface area contributed by atoms with Crippen molar-refractivity contribution in [2.24, 2.45) is 0 Å². The van der Waals surface area contributed by atoms with Gasteiger partial charge in [0.25, 0.3) is 0 Å². The van der Waals surface area contributed by atoms with Gasteiger partial charge in [-0.15, -0.1) is 0 Å². The SMILES string of the molecule is CCn1ccnc1[C@H](O)c1ccccc1. The van der Waals surface area contributed by atoms with E-state index in [-0.39, 0.29) is 0 Å². The van der Waals surface area contributed by atoms with Gasteiger partial charge >= 0.3 is 0 Å². The van der Waals surface area contributed by atoms with E-state index in [4.69, 9.17) is 0 Å². The second-order valence-corrected chi connectivity index (χ2v) is 3.38. The van der Waals surface area contributed by atoms with Crippen molar-refractivity contribution < 1.29 is 5.11 Å². The van der Waals surface area contributed by atoms with E-state index >= 15 is 0 Å². The van der Waals surface area contributed by atoms with Crippen LogP contribution in [0.2, 0.25) is 0 Å². The minimum absolute atomic E-state index is 0.638. The van der Waals surface area contributed by atoms with Crippen molar-refractivity contribution in [2.75, 3.05) is 0 Å². The van der Waals surface area contributed by atoms with Crippen molar-refractivity contribution in [3.05, 3.63) is 54.1 Å². The second kappa shape index (κ2) is 4.28. The number of imidazole rings is 1. The van der Waals surface area contributed by atoms with Crippen molar-refractivity contribution in [3.63, 3.8) is 0 Å². The average Bonchev–Trinajstić information content (AvgIpc) is 2.77. The maximum atomic E-state index is 10.1. The zero-order chi connectivity index (χ0) is 10.7. The van der Waals surface area contributed by atoms with Gasteiger partial charge in [0.05, 0.1) is 0 Å². The Labute approximate surface area is 89.0 Å². The molecule has 3 heteroatoms. The Morgan fingerprint density at radius 1 is 1.33 bits per heavy atom. The van der Waals surface area contributed by atoms with Gasteiger partial charge in [-0.1, -0.05) is 30.3 Å². The summed E-state index contributed by atoms with van der Waals surface area (Å²) in [5.41, 5.74) is 0.874. The minimum atomic E-state index is -0.638. The van der Waals surface area contributed by atoms with Crippen LogP contribution in [0.25, 0.3) is 0 Å². The van der Waals surface area contributed by atoms with E-state index in [0.717, 1.165) is 12.1 Å². The van der Waals surface area contributed by atoms with E-state index in [1.165, 1.54) is 0 Å². The predicted molar refractivity (Wildman–Crippen MR) is 58.4 cm³/mol. The van der Waals surface area contributed by atoms with Crippen LogP contribution < -0.4 is 0 Å². The molecule has 1 atom stereocenters. The van der Waals surface area contributed by atoms with Crippen molar-refractivity contribution >= 4 is 0 Å². The van der Waals surface area contributed by atoms with Crippen molar-refractivity contribution in [1.82, 2.24) is 9.55 Å². The maximum absolute atomic E-state index is 10.1.